The van der Waals surface area contributed by atoms with Crippen LogP contribution in [0.5, 0.6) is 0 Å². The molecule has 1 aliphatic heterocycles. The number of nitrogens with two attached hydrogens (primary N) is 1. The summed E-state index contributed by atoms with van der Waals surface area (Å²) >= 11 is 0. The van der Waals surface area contributed by atoms with Crippen LogP contribution in [0.4, 0.5) is 11.5 Å². The molecule has 2 fully saturated rings. The molecular weight excluding hydrogens is 332 g/mol. The highest BCUT2D eigenvalue weighted by atomic mass is 16.3. The molecule has 3 rings (SSSR count). The zero-order valence-corrected chi connectivity index (χ0v) is 15.3. The predicted octanol–water partition coefficient (Wildman–Crippen LogP) is 1.84. The first-order chi connectivity index (χ1) is 12.5. The van der Waals surface area contributed by atoms with Crippen molar-refractivity contribution in [1.82, 2.24) is 9.88 Å². The SMILES string of the molecule is Cc1cc(NC(=O)C(=O)N2CCCC[C@@H]2[C@H]2CC[C@H](O)CC2)cnc1N. The monoisotopic (exact) mass is 360 g/mol. The van der Waals surface area contributed by atoms with E-state index in [4.69, 9.17) is 5.73 Å². The number of nitrogen functional groups attached to an aromatic ring is 1. The van der Waals surface area contributed by atoms with Crippen molar-refractivity contribution in [1.29, 1.82) is 0 Å². The first-order valence-electron chi connectivity index (χ1n) is 9.48. The minimum absolute atomic E-state index is 0.0979. The van der Waals surface area contributed by atoms with Gasteiger partial charge in [-0.05, 0) is 69.4 Å². The topological polar surface area (TPSA) is 109 Å². The summed E-state index contributed by atoms with van der Waals surface area (Å²) in [5.74, 6) is -0.324. The number of pyridine rings is 1. The van der Waals surface area contributed by atoms with Gasteiger partial charge in [0.25, 0.3) is 0 Å². The van der Waals surface area contributed by atoms with Gasteiger partial charge >= 0.3 is 11.8 Å². The molecule has 2 aliphatic rings. The number of nitrogens with zero attached hydrogens (tertiary/aromatic N) is 2. The summed E-state index contributed by atoms with van der Waals surface area (Å²) in [5, 5.41) is 12.4. The van der Waals surface area contributed by atoms with Gasteiger partial charge in [0.2, 0.25) is 0 Å². The van der Waals surface area contributed by atoms with E-state index in [0.717, 1.165) is 50.5 Å². The van der Waals surface area contributed by atoms with Crippen LogP contribution in [0.2, 0.25) is 0 Å². The molecule has 142 valence electrons. The molecule has 0 bridgehead atoms. The molecule has 0 unspecified atom stereocenters. The third-order valence-corrected chi connectivity index (χ3v) is 5.67. The molecule has 1 aromatic heterocycles. The number of nitrogens with one attached hydrogen (secondary N) is 1. The maximum Gasteiger partial charge on any atom is 0.313 e. The Bertz CT molecular complexity index is 671. The first kappa shape index (κ1) is 18.6. The highest BCUT2D eigenvalue weighted by Crippen LogP contribution is 2.34. The maximum atomic E-state index is 12.8. The van der Waals surface area contributed by atoms with Crippen molar-refractivity contribution in [3.05, 3.63) is 17.8 Å². The highest BCUT2D eigenvalue weighted by Gasteiger charge is 2.37. The van der Waals surface area contributed by atoms with Crippen LogP contribution in [-0.4, -0.2) is 45.5 Å². The molecule has 1 saturated carbocycles. The first-order valence-corrected chi connectivity index (χ1v) is 9.48. The van der Waals surface area contributed by atoms with E-state index in [9.17, 15) is 14.7 Å². The summed E-state index contributed by atoms with van der Waals surface area (Å²) in [5.41, 5.74) is 6.92. The van der Waals surface area contributed by atoms with E-state index in [0.29, 0.717) is 24.0 Å². The van der Waals surface area contributed by atoms with Crippen LogP contribution in [0, 0.1) is 12.8 Å². The van der Waals surface area contributed by atoms with Crippen LogP contribution in [0.15, 0.2) is 12.3 Å². The van der Waals surface area contributed by atoms with Crippen molar-refractivity contribution >= 4 is 23.3 Å². The molecule has 1 saturated heterocycles. The number of carbonyl (C=O) groups is 2. The molecule has 1 aliphatic carbocycles. The largest absolute Gasteiger partial charge is 0.393 e. The molecule has 0 aromatic carbocycles. The normalized spacial score (nSPS) is 26.4. The molecule has 1 aromatic rings. The smallest absolute Gasteiger partial charge is 0.313 e. The van der Waals surface area contributed by atoms with Crippen molar-refractivity contribution < 1.29 is 14.7 Å². The van der Waals surface area contributed by atoms with E-state index in [1.165, 1.54) is 6.20 Å². The van der Waals surface area contributed by atoms with Gasteiger partial charge in [-0.2, -0.15) is 0 Å². The number of likely N-dealkylation sites (tertiary alicyclic amines) is 1. The third kappa shape index (κ3) is 4.15. The van der Waals surface area contributed by atoms with Crippen molar-refractivity contribution in [3.63, 3.8) is 0 Å². The Morgan fingerprint density at radius 2 is 1.96 bits per heavy atom. The lowest BCUT2D eigenvalue weighted by molar-refractivity contribution is -0.147. The Morgan fingerprint density at radius 3 is 2.65 bits per heavy atom. The van der Waals surface area contributed by atoms with Gasteiger partial charge in [-0.25, -0.2) is 4.98 Å². The molecule has 0 spiro atoms. The lowest BCUT2D eigenvalue weighted by atomic mass is 9.79. The Labute approximate surface area is 154 Å². The Morgan fingerprint density at radius 1 is 1.23 bits per heavy atom. The Kier molecular flexibility index (Phi) is 5.76. The van der Waals surface area contributed by atoms with E-state index in [1.54, 1.807) is 17.9 Å². The van der Waals surface area contributed by atoms with Crippen LogP contribution in [0.3, 0.4) is 0 Å². The molecule has 2 heterocycles. The van der Waals surface area contributed by atoms with Gasteiger partial charge in [0.05, 0.1) is 18.0 Å². The molecule has 7 heteroatoms. The number of anilines is 2. The molecule has 1 atom stereocenters. The van der Waals surface area contributed by atoms with Gasteiger partial charge in [-0.3, -0.25) is 9.59 Å². The second-order valence-corrected chi connectivity index (χ2v) is 7.51. The van der Waals surface area contributed by atoms with E-state index in [-0.39, 0.29) is 12.1 Å². The zero-order valence-electron chi connectivity index (χ0n) is 15.3. The number of aryl methyl sites for hydroxylation is 1. The maximum absolute atomic E-state index is 12.8. The quantitative estimate of drug-likeness (QED) is 0.698. The second-order valence-electron chi connectivity index (χ2n) is 7.51. The zero-order chi connectivity index (χ0) is 18.7. The third-order valence-electron chi connectivity index (χ3n) is 5.67. The van der Waals surface area contributed by atoms with Gasteiger partial charge in [-0.15, -0.1) is 0 Å². The number of carbonyl (C=O) groups excluding carboxylic acids is 2. The molecule has 7 nitrogen and oxygen atoms in total. The number of hydrogen-bond acceptors (Lipinski definition) is 5. The lowest BCUT2D eigenvalue weighted by Crippen LogP contribution is -2.51. The van der Waals surface area contributed by atoms with Crippen molar-refractivity contribution in [2.75, 3.05) is 17.6 Å². The van der Waals surface area contributed by atoms with E-state index >= 15 is 0 Å². The average Bonchev–Trinajstić information content (AvgIpc) is 2.65. The van der Waals surface area contributed by atoms with E-state index in [2.05, 4.69) is 10.3 Å². The number of aromatic nitrogens is 1. The summed E-state index contributed by atoms with van der Waals surface area (Å²) in [6, 6.07) is 1.81. The van der Waals surface area contributed by atoms with Crippen LogP contribution < -0.4 is 11.1 Å². The van der Waals surface area contributed by atoms with Gasteiger partial charge in [0.15, 0.2) is 0 Å². The fourth-order valence-corrected chi connectivity index (χ4v) is 4.15. The Balaban J connectivity index is 1.67. The van der Waals surface area contributed by atoms with Gasteiger partial charge in [0, 0.05) is 12.6 Å². The number of hydrogen-bond donors (Lipinski definition) is 3. The molecule has 4 N–H and O–H groups in total. The number of piperidine rings is 1. The fourth-order valence-electron chi connectivity index (χ4n) is 4.15. The van der Waals surface area contributed by atoms with Crippen LogP contribution in [0.1, 0.15) is 50.5 Å². The summed E-state index contributed by atoms with van der Waals surface area (Å²) in [6.45, 7) is 2.42. The fraction of sp³-hybridized carbons (Fsp3) is 0.632. The van der Waals surface area contributed by atoms with Crippen LogP contribution >= 0.6 is 0 Å². The minimum atomic E-state index is -0.626. The van der Waals surface area contributed by atoms with Gasteiger partial charge < -0.3 is 21.1 Å². The Hall–Kier alpha value is -2.15. The number of amides is 2. The van der Waals surface area contributed by atoms with E-state index < -0.39 is 11.8 Å². The van der Waals surface area contributed by atoms with Crippen molar-refractivity contribution in [2.24, 2.45) is 5.92 Å². The number of rotatable bonds is 2. The van der Waals surface area contributed by atoms with Gasteiger partial charge in [0.1, 0.15) is 5.82 Å². The molecule has 2 amide bonds. The number of aliphatic hydroxyl groups excluding tert-OH is 1. The van der Waals surface area contributed by atoms with Crippen molar-refractivity contribution in [3.8, 4) is 0 Å². The predicted molar refractivity (Wildman–Crippen MR) is 99.3 cm³/mol. The second kappa shape index (κ2) is 8.03. The summed E-state index contributed by atoms with van der Waals surface area (Å²) in [7, 11) is 0. The van der Waals surface area contributed by atoms with Crippen LogP contribution in [0.25, 0.3) is 0 Å². The summed E-state index contributed by atoms with van der Waals surface area (Å²) < 4.78 is 0. The van der Waals surface area contributed by atoms with Gasteiger partial charge in [-0.1, -0.05) is 0 Å². The van der Waals surface area contributed by atoms with Crippen molar-refractivity contribution in [2.45, 2.75) is 64.0 Å². The number of aliphatic hydroxyl groups is 1. The average molecular weight is 360 g/mol. The highest BCUT2D eigenvalue weighted by molar-refractivity contribution is 6.39. The molecule has 0 radical (unpaired) electrons. The van der Waals surface area contributed by atoms with Crippen LogP contribution in [-0.2, 0) is 9.59 Å². The molecular formula is C19H28N4O3. The summed E-state index contributed by atoms with van der Waals surface area (Å²) in [4.78, 5) is 31.0. The minimum Gasteiger partial charge on any atom is -0.393 e. The summed E-state index contributed by atoms with van der Waals surface area (Å²) in [6.07, 6.45) is 7.58. The standard InChI is InChI=1S/C19H28N4O3/c1-12-10-14(11-21-17(12)20)22-18(25)19(26)23-9-3-2-4-16(23)13-5-7-15(24)8-6-13/h10-11,13,15-16,24H,2-9H2,1H3,(H2,20,21)(H,22,25)/t13-,15-,16-/m1/s1. The van der Waals surface area contributed by atoms with E-state index in [1.807, 2.05) is 0 Å². The lowest BCUT2D eigenvalue weighted by Gasteiger charge is -2.42. The molecule has 26 heavy (non-hydrogen) atoms.